The number of carbonyl (C=O) groups is 2. The second-order valence-electron chi connectivity index (χ2n) is 9.57. The van der Waals surface area contributed by atoms with E-state index < -0.39 is 11.6 Å². The van der Waals surface area contributed by atoms with Gasteiger partial charge in [0, 0.05) is 17.1 Å². The Bertz CT molecular complexity index is 1400. The first-order valence-electron chi connectivity index (χ1n) is 12.1. The summed E-state index contributed by atoms with van der Waals surface area (Å²) in [4.78, 5) is 29.3. The minimum absolute atomic E-state index is 0.0647. The molecular weight excluding hydrogens is 490 g/mol. The van der Waals surface area contributed by atoms with E-state index in [2.05, 4.69) is 15.6 Å². The molecule has 0 aliphatic rings. The topological polar surface area (TPSA) is 100 Å². The van der Waals surface area contributed by atoms with Crippen LogP contribution in [0, 0.1) is 0 Å². The third-order valence-corrected chi connectivity index (χ3v) is 6.81. The summed E-state index contributed by atoms with van der Waals surface area (Å²) in [6.45, 7) is 5.82. The van der Waals surface area contributed by atoms with Crippen LogP contribution < -0.4 is 5.32 Å². The summed E-state index contributed by atoms with van der Waals surface area (Å²) in [6.07, 6.45) is 0.699. The van der Waals surface area contributed by atoms with E-state index in [9.17, 15) is 14.7 Å². The number of fused-ring (bicyclic) bond motifs is 1. The molecule has 1 aromatic heterocycles. The van der Waals surface area contributed by atoms with E-state index >= 15 is 0 Å². The van der Waals surface area contributed by atoms with E-state index in [4.69, 9.17) is 11.6 Å². The molecule has 4 rings (SSSR count). The highest BCUT2D eigenvalue weighted by atomic mass is 35.5. The summed E-state index contributed by atoms with van der Waals surface area (Å²) >= 11 is 6.47. The highest BCUT2D eigenvalue weighted by Crippen LogP contribution is 2.29. The lowest BCUT2D eigenvalue weighted by molar-refractivity contribution is -0.143. The highest BCUT2D eigenvalue weighted by molar-refractivity contribution is 6.31. The van der Waals surface area contributed by atoms with E-state index in [0.29, 0.717) is 33.6 Å². The number of nitrogens with one attached hydrogen (secondary N) is 1. The summed E-state index contributed by atoms with van der Waals surface area (Å²) in [6, 6.07) is 19.9. The van der Waals surface area contributed by atoms with Crippen molar-refractivity contribution in [2.75, 3.05) is 0 Å². The number of nitrogens with zero attached hydrogens (tertiary/aromatic N) is 4. The van der Waals surface area contributed by atoms with Crippen LogP contribution in [-0.4, -0.2) is 42.4 Å². The van der Waals surface area contributed by atoms with Gasteiger partial charge < -0.3 is 15.3 Å². The van der Waals surface area contributed by atoms with Crippen molar-refractivity contribution in [3.05, 3.63) is 88.9 Å². The van der Waals surface area contributed by atoms with Crippen molar-refractivity contribution in [3.63, 3.8) is 0 Å². The second kappa shape index (κ2) is 11.0. The Labute approximate surface area is 220 Å². The van der Waals surface area contributed by atoms with Crippen molar-refractivity contribution in [1.29, 1.82) is 0 Å². The van der Waals surface area contributed by atoms with Crippen LogP contribution in [-0.2, 0) is 22.7 Å². The third-order valence-electron chi connectivity index (χ3n) is 6.44. The van der Waals surface area contributed by atoms with Gasteiger partial charge in [-0.3, -0.25) is 9.59 Å². The first kappa shape index (κ1) is 26.2. The number of aromatic nitrogens is 3. The number of halogens is 1. The third kappa shape index (κ3) is 6.09. The van der Waals surface area contributed by atoms with Crippen LogP contribution in [0.15, 0.2) is 72.8 Å². The van der Waals surface area contributed by atoms with E-state index in [1.807, 2.05) is 63.2 Å². The van der Waals surface area contributed by atoms with Gasteiger partial charge in [-0.2, -0.15) is 0 Å². The van der Waals surface area contributed by atoms with Crippen LogP contribution in [0.2, 0.25) is 5.02 Å². The van der Waals surface area contributed by atoms with Crippen molar-refractivity contribution in [3.8, 4) is 5.75 Å². The maximum atomic E-state index is 14.0. The molecule has 0 bridgehead atoms. The SMILES string of the molecule is CCC(C)(C)NC(=O)[C@H](c1ccc(O)cc1)N(Cc1ccccc1Cl)C(=O)Cn1nnc2ccccc21. The zero-order valence-electron chi connectivity index (χ0n) is 21.1. The maximum Gasteiger partial charge on any atom is 0.247 e. The Hall–Kier alpha value is -3.91. The van der Waals surface area contributed by atoms with Crippen LogP contribution in [0.3, 0.4) is 0 Å². The van der Waals surface area contributed by atoms with Crippen molar-refractivity contribution < 1.29 is 14.7 Å². The van der Waals surface area contributed by atoms with Gasteiger partial charge in [0.25, 0.3) is 0 Å². The molecule has 0 aliphatic heterocycles. The molecular formula is C28H30ClN5O3. The van der Waals surface area contributed by atoms with E-state index in [0.717, 1.165) is 0 Å². The number of para-hydroxylation sites is 1. The number of benzene rings is 3. The molecule has 0 fully saturated rings. The average molecular weight is 520 g/mol. The summed E-state index contributed by atoms with van der Waals surface area (Å²) in [5.74, 6) is -0.602. The molecule has 0 saturated carbocycles. The minimum atomic E-state index is -0.981. The molecule has 1 heterocycles. The van der Waals surface area contributed by atoms with Gasteiger partial charge >= 0.3 is 0 Å². The first-order valence-corrected chi connectivity index (χ1v) is 12.5. The average Bonchev–Trinajstić information content (AvgIpc) is 3.28. The molecule has 0 saturated heterocycles. The van der Waals surface area contributed by atoms with Crippen molar-refractivity contribution >= 4 is 34.4 Å². The quantitative estimate of drug-likeness (QED) is 0.329. The van der Waals surface area contributed by atoms with Gasteiger partial charge in [-0.1, -0.05) is 66.2 Å². The number of phenols is 1. The van der Waals surface area contributed by atoms with Crippen LogP contribution in [0.1, 0.15) is 44.4 Å². The Morgan fingerprint density at radius 2 is 1.73 bits per heavy atom. The minimum Gasteiger partial charge on any atom is -0.508 e. The molecule has 4 aromatic rings. The Morgan fingerprint density at radius 1 is 1.05 bits per heavy atom. The predicted molar refractivity (Wildman–Crippen MR) is 143 cm³/mol. The molecule has 2 N–H and O–H groups in total. The van der Waals surface area contributed by atoms with Crippen LogP contribution in [0.4, 0.5) is 0 Å². The molecule has 0 aliphatic carbocycles. The number of hydrogen-bond acceptors (Lipinski definition) is 5. The molecule has 0 unspecified atom stereocenters. The fourth-order valence-electron chi connectivity index (χ4n) is 4.01. The highest BCUT2D eigenvalue weighted by Gasteiger charge is 2.34. The molecule has 2 amide bonds. The Balaban J connectivity index is 1.78. The number of amides is 2. The summed E-state index contributed by atoms with van der Waals surface area (Å²) in [7, 11) is 0. The van der Waals surface area contributed by atoms with Gasteiger partial charge in [0.15, 0.2) is 0 Å². The molecule has 1 atom stereocenters. The number of carbonyl (C=O) groups excluding carboxylic acids is 2. The maximum absolute atomic E-state index is 14.0. The Morgan fingerprint density at radius 3 is 2.43 bits per heavy atom. The normalized spacial score (nSPS) is 12.3. The van der Waals surface area contributed by atoms with Gasteiger partial charge in [0.1, 0.15) is 23.9 Å². The van der Waals surface area contributed by atoms with Crippen LogP contribution in [0.25, 0.3) is 11.0 Å². The first-order chi connectivity index (χ1) is 17.7. The second-order valence-corrected chi connectivity index (χ2v) is 9.98. The zero-order valence-corrected chi connectivity index (χ0v) is 21.8. The van der Waals surface area contributed by atoms with Gasteiger partial charge in [-0.25, -0.2) is 4.68 Å². The fraction of sp³-hybridized carbons (Fsp3) is 0.286. The molecule has 192 valence electrons. The lowest BCUT2D eigenvalue weighted by atomic mass is 9.98. The van der Waals surface area contributed by atoms with Gasteiger partial charge in [0.05, 0.1) is 5.52 Å². The van der Waals surface area contributed by atoms with E-state index in [-0.39, 0.29) is 30.7 Å². The Kier molecular flexibility index (Phi) is 7.78. The molecule has 3 aromatic carbocycles. The summed E-state index contributed by atoms with van der Waals surface area (Å²) in [5, 5.41) is 21.8. The van der Waals surface area contributed by atoms with Crippen LogP contribution in [0.5, 0.6) is 5.75 Å². The lowest BCUT2D eigenvalue weighted by Gasteiger charge is -2.35. The smallest absolute Gasteiger partial charge is 0.247 e. The van der Waals surface area contributed by atoms with E-state index in [1.54, 1.807) is 18.2 Å². The monoisotopic (exact) mass is 519 g/mol. The van der Waals surface area contributed by atoms with Crippen molar-refractivity contribution in [2.45, 2.75) is 51.9 Å². The van der Waals surface area contributed by atoms with Gasteiger partial charge in [-0.05, 0) is 61.7 Å². The van der Waals surface area contributed by atoms with Gasteiger partial charge in [-0.15, -0.1) is 5.10 Å². The number of hydrogen-bond donors (Lipinski definition) is 2. The standard InChI is InChI=1S/C28H30ClN5O3/c1-4-28(2,3)30-27(37)26(19-13-15-21(35)16-14-19)33(17-20-9-5-6-10-22(20)29)25(36)18-34-24-12-8-7-11-23(24)31-32-34/h5-16,26,35H,4,17-18H2,1-3H3,(H,30,37)/t26-/m0/s1. The fourth-order valence-corrected chi connectivity index (χ4v) is 4.20. The zero-order chi connectivity index (χ0) is 26.6. The number of phenolic OH excluding ortho intramolecular Hbond substituents is 1. The number of rotatable bonds is 9. The van der Waals surface area contributed by atoms with Crippen molar-refractivity contribution in [2.24, 2.45) is 0 Å². The number of aromatic hydroxyl groups is 1. The van der Waals surface area contributed by atoms with Gasteiger partial charge in [0.2, 0.25) is 11.8 Å². The van der Waals surface area contributed by atoms with Crippen LogP contribution >= 0.6 is 11.6 Å². The van der Waals surface area contributed by atoms with Crippen molar-refractivity contribution in [1.82, 2.24) is 25.2 Å². The molecule has 37 heavy (non-hydrogen) atoms. The predicted octanol–water partition coefficient (Wildman–Crippen LogP) is 4.87. The molecule has 9 heteroatoms. The molecule has 0 radical (unpaired) electrons. The summed E-state index contributed by atoms with van der Waals surface area (Å²) < 4.78 is 1.53. The lowest BCUT2D eigenvalue weighted by Crippen LogP contribution is -2.50. The molecule has 8 nitrogen and oxygen atoms in total. The summed E-state index contributed by atoms with van der Waals surface area (Å²) in [5.41, 5.74) is 2.16. The van der Waals surface area contributed by atoms with E-state index in [1.165, 1.54) is 21.7 Å². The molecule has 0 spiro atoms. The largest absolute Gasteiger partial charge is 0.508 e.